The van der Waals surface area contributed by atoms with E-state index in [9.17, 15) is 4.39 Å². The maximum atomic E-state index is 13.9. The SMILES string of the molecule is COCC(C)NC(N)=NCc1ccc(CN(C)C)c(F)c1. The van der Waals surface area contributed by atoms with Gasteiger partial charge in [-0.05, 0) is 32.6 Å². The van der Waals surface area contributed by atoms with Crippen molar-refractivity contribution in [1.29, 1.82) is 0 Å². The molecule has 3 N–H and O–H groups in total. The van der Waals surface area contributed by atoms with E-state index >= 15 is 0 Å². The highest BCUT2D eigenvalue weighted by atomic mass is 19.1. The molecule has 0 aliphatic carbocycles. The predicted molar refractivity (Wildman–Crippen MR) is 83.6 cm³/mol. The first kappa shape index (κ1) is 17.4. The van der Waals surface area contributed by atoms with Crippen molar-refractivity contribution in [1.82, 2.24) is 10.2 Å². The molecule has 0 aliphatic heterocycles. The molecule has 5 nitrogen and oxygen atoms in total. The summed E-state index contributed by atoms with van der Waals surface area (Å²) in [4.78, 5) is 6.12. The lowest BCUT2D eigenvalue weighted by atomic mass is 10.1. The second-order valence-corrected chi connectivity index (χ2v) is 5.37. The van der Waals surface area contributed by atoms with Crippen molar-refractivity contribution in [3.63, 3.8) is 0 Å². The Balaban J connectivity index is 2.61. The number of nitrogens with two attached hydrogens (primary N) is 1. The monoisotopic (exact) mass is 296 g/mol. The minimum atomic E-state index is -0.212. The summed E-state index contributed by atoms with van der Waals surface area (Å²) in [5, 5.41) is 3.01. The molecular weight excluding hydrogens is 271 g/mol. The van der Waals surface area contributed by atoms with E-state index in [-0.39, 0.29) is 11.9 Å². The first-order valence-corrected chi connectivity index (χ1v) is 6.89. The Morgan fingerprint density at radius 3 is 2.76 bits per heavy atom. The second kappa shape index (κ2) is 8.59. The van der Waals surface area contributed by atoms with Gasteiger partial charge in [0.05, 0.1) is 13.2 Å². The Bertz CT molecular complexity index is 477. The Hall–Kier alpha value is -1.66. The van der Waals surface area contributed by atoms with Crippen LogP contribution in [-0.2, 0) is 17.8 Å². The molecule has 1 aromatic rings. The van der Waals surface area contributed by atoms with Crippen LogP contribution in [0.4, 0.5) is 4.39 Å². The lowest BCUT2D eigenvalue weighted by Gasteiger charge is -2.13. The van der Waals surface area contributed by atoms with Gasteiger partial charge in [-0.25, -0.2) is 9.38 Å². The van der Waals surface area contributed by atoms with Gasteiger partial charge in [0.15, 0.2) is 5.96 Å². The van der Waals surface area contributed by atoms with Gasteiger partial charge in [-0.1, -0.05) is 12.1 Å². The van der Waals surface area contributed by atoms with Crippen LogP contribution in [0, 0.1) is 5.82 Å². The van der Waals surface area contributed by atoms with Gasteiger partial charge in [-0.15, -0.1) is 0 Å². The molecule has 118 valence electrons. The normalized spacial score (nSPS) is 13.5. The number of guanidine groups is 1. The van der Waals surface area contributed by atoms with Crippen LogP contribution < -0.4 is 11.1 Å². The maximum absolute atomic E-state index is 13.9. The molecule has 0 bridgehead atoms. The third kappa shape index (κ3) is 6.55. The molecule has 1 rings (SSSR count). The highest BCUT2D eigenvalue weighted by molar-refractivity contribution is 5.78. The lowest BCUT2D eigenvalue weighted by molar-refractivity contribution is 0.179. The Morgan fingerprint density at radius 1 is 1.48 bits per heavy atom. The van der Waals surface area contributed by atoms with Gasteiger partial charge in [0.1, 0.15) is 5.82 Å². The molecule has 1 unspecified atom stereocenters. The number of ether oxygens (including phenoxy) is 1. The van der Waals surface area contributed by atoms with Crippen molar-refractivity contribution in [2.24, 2.45) is 10.7 Å². The number of nitrogens with zero attached hydrogens (tertiary/aromatic N) is 2. The van der Waals surface area contributed by atoms with Gasteiger partial charge < -0.3 is 20.7 Å². The van der Waals surface area contributed by atoms with Crippen LogP contribution in [0.1, 0.15) is 18.1 Å². The van der Waals surface area contributed by atoms with Crippen molar-refractivity contribution in [3.8, 4) is 0 Å². The predicted octanol–water partition coefficient (Wildman–Crippen LogP) is 1.33. The van der Waals surface area contributed by atoms with Crippen molar-refractivity contribution in [2.45, 2.75) is 26.1 Å². The van der Waals surface area contributed by atoms with Crippen LogP contribution in [0.2, 0.25) is 0 Å². The highest BCUT2D eigenvalue weighted by Gasteiger charge is 2.05. The van der Waals surface area contributed by atoms with Crippen LogP contribution >= 0.6 is 0 Å². The largest absolute Gasteiger partial charge is 0.383 e. The van der Waals surface area contributed by atoms with Crippen molar-refractivity contribution < 1.29 is 9.13 Å². The highest BCUT2D eigenvalue weighted by Crippen LogP contribution is 2.12. The zero-order valence-corrected chi connectivity index (χ0v) is 13.2. The van der Waals surface area contributed by atoms with Crippen LogP contribution in [0.15, 0.2) is 23.2 Å². The van der Waals surface area contributed by atoms with Crippen LogP contribution in [0.5, 0.6) is 0 Å². The summed E-state index contributed by atoms with van der Waals surface area (Å²) in [7, 11) is 5.44. The standard InChI is InChI=1S/C15H25FN4O/c1-11(10-21-4)19-15(17)18-8-12-5-6-13(9-20(2)3)14(16)7-12/h5-7,11H,8-10H2,1-4H3,(H3,17,18,19). The summed E-state index contributed by atoms with van der Waals surface area (Å²) in [5.74, 6) is 0.119. The average molecular weight is 296 g/mol. The fourth-order valence-electron chi connectivity index (χ4n) is 1.92. The van der Waals surface area contributed by atoms with Gasteiger partial charge in [-0.2, -0.15) is 0 Å². The number of hydrogen-bond acceptors (Lipinski definition) is 3. The number of methoxy groups -OCH3 is 1. The molecule has 1 atom stereocenters. The lowest BCUT2D eigenvalue weighted by Crippen LogP contribution is -2.40. The third-order valence-corrected chi connectivity index (χ3v) is 2.85. The topological polar surface area (TPSA) is 62.9 Å². The molecule has 0 radical (unpaired) electrons. The van der Waals surface area contributed by atoms with E-state index in [1.165, 1.54) is 6.07 Å². The molecule has 0 heterocycles. The fraction of sp³-hybridized carbons (Fsp3) is 0.533. The molecule has 0 aromatic heterocycles. The quantitative estimate of drug-likeness (QED) is 0.588. The molecule has 0 amide bonds. The van der Waals surface area contributed by atoms with E-state index in [2.05, 4.69) is 10.3 Å². The summed E-state index contributed by atoms with van der Waals surface area (Å²) in [6, 6.07) is 5.25. The summed E-state index contributed by atoms with van der Waals surface area (Å²) in [6.07, 6.45) is 0. The first-order valence-electron chi connectivity index (χ1n) is 6.89. The number of nitrogens with one attached hydrogen (secondary N) is 1. The number of benzene rings is 1. The van der Waals surface area contributed by atoms with Gasteiger partial charge in [0.25, 0.3) is 0 Å². The summed E-state index contributed by atoms with van der Waals surface area (Å²) >= 11 is 0. The summed E-state index contributed by atoms with van der Waals surface area (Å²) < 4.78 is 18.9. The summed E-state index contributed by atoms with van der Waals surface area (Å²) in [6.45, 7) is 3.41. The molecular formula is C15H25FN4O. The van der Waals surface area contributed by atoms with E-state index in [1.54, 1.807) is 13.2 Å². The average Bonchev–Trinajstić information content (AvgIpc) is 2.39. The fourth-order valence-corrected chi connectivity index (χ4v) is 1.92. The Kier molecular flexibility index (Phi) is 7.11. The molecule has 0 fully saturated rings. The number of halogens is 1. The van der Waals surface area contributed by atoms with Crippen molar-refractivity contribution in [3.05, 3.63) is 35.1 Å². The maximum Gasteiger partial charge on any atom is 0.189 e. The molecule has 0 saturated carbocycles. The first-order chi connectivity index (χ1) is 9.92. The zero-order chi connectivity index (χ0) is 15.8. The van der Waals surface area contributed by atoms with Gasteiger partial charge in [0.2, 0.25) is 0 Å². The molecule has 6 heteroatoms. The van der Waals surface area contributed by atoms with Gasteiger partial charge >= 0.3 is 0 Å². The minimum Gasteiger partial charge on any atom is -0.383 e. The van der Waals surface area contributed by atoms with Crippen molar-refractivity contribution >= 4 is 5.96 Å². The van der Waals surface area contributed by atoms with E-state index in [0.717, 1.165) is 5.56 Å². The van der Waals surface area contributed by atoms with Crippen LogP contribution in [0.25, 0.3) is 0 Å². The zero-order valence-electron chi connectivity index (χ0n) is 13.2. The number of aliphatic imine (C=N–C) groups is 1. The third-order valence-electron chi connectivity index (χ3n) is 2.85. The number of hydrogen-bond donors (Lipinski definition) is 2. The molecule has 21 heavy (non-hydrogen) atoms. The van der Waals surface area contributed by atoms with Crippen LogP contribution in [-0.4, -0.2) is 44.7 Å². The second-order valence-electron chi connectivity index (χ2n) is 5.37. The van der Waals surface area contributed by atoms with E-state index < -0.39 is 0 Å². The van der Waals surface area contributed by atoms with Crippen molar-refractivity contribution in [2.75, 3.05) is 27.8 Å². The molecule has 0 spiro atoms. The minimum absolute atomic E-state index is 0.0814. The van der Waals surface area contributed by atoms with Crippen LogP contribution in [0.3, 0.4) is 0 Å². The molecule has 0 saturated heterocycles. The van der Waals surface area contributed by atoms with Gasteiger partial charge in [0, 0.05) is 25.3 Å². The van der Waals surface area contributed by atoms with Gasteiger partial charge in [-0.3, -0.25) is 0 Å². The number of rotatable bonds is 7. The van der Waals surface area contributed by atoms with E-state index in [4.69, 9.17) is 10.5 Å². The molecule has 1 aromatic carbocycles. The Morgan fingerprint density at radius 2 is 2.19 bits per heavy atom. The summed E-state index contributed by atoms with van der Waals surface area (Å²) in [5.41, 5.74) is 7.23. The van der Waals surface area contributed by atoms with E-state index in [1.807, 2.05) is 32.0 Å². The molecule has 0 aliphatic rings. The van der Waals surface area contributed by atoms with E-state index in [0.29, 0.717) is 31.2 Å². The Labute approximate surface area is 126 Å². The smallest absolute Gasteiger partial charge is 0.189 e.